The number of hydrogen-bond acceptors (Lipinski definition) is 3. The maximum Gasteiger partial charge on any atom is 0.305 e. The minimum atomic E-state index is -0.857. The summed E-state index contributed by atoms with van der Waals surface area (Å²) in [5.74, 6) is -0.0421. The average Bonchev–Trinajstić information content (AvgIpc) is 2.25. The normalized spacial score (nSPS) is 14.1. The number of carbonyl (C=O) groups is 1. The molecule has 0 spiro atoms. The SMILES string of the molecule is COc1ccc(CCC(C)(N)CC(=O)O)cc1. The molecule has 17 heavy (non-hydrogen) atoms. The smallest absolute Gasteiger partial charge is 0.305 e. The van der Waals surface area contributed by atoms with Crippen LogP contribution < -0.4 is 10.5 Å². The largest absolute Gasteiger partial charge is 0.497 e. The number of aliphatic carboxylic acids is 1. The molecular formula is C13H19NO3. The van der Waals surface area contributed by atoms with Crippen molar-refractivity contribution in [2.24, 2.45) is 5.73 Å². The van der Waals surface area contributed by atoms with Gasteiger partial charge in [-0.05, 0) is 37.5 Å². The predicted octanol–water partition coefficient (Wildman–Crippen LogP) is 1.82. The molecule has 1 atom stereocenters. The molecule has 4 nitrogen and oxygen atoms in total. The van der Waals surface area contributed by atoms with Crippen LogP contribution in [0, 0.1) is 0 Å². The van der Waals surface area contributed by atoms with Gasteiger partial charge >= 0.3 is 5.97 Å². The number of benzene rings is 1. The molecule has 0 fully saturated rings. The topological polar surface area (TPSA) is 72.5 Å². The maximum atomic E-state index is 10.6. The number of carboxylic acid groups (broad SMARTS) is 1. The molecule has 0 aliphatic carbocycles. The van der Waals surface area contributed by atoms with Gasteiger partial charge in [-0.1, -0.05) is 12.1 Å². The number of rotatable bonds is 6. The molecule has 1 aromatic rings. The van der Waals surface area contributed by atoms with E-state index in [4.69, 9.17) is 15.6 Å². The van der Waals surface area contributed by atoms with Crippen molar-refractivity contribution in [3.05, 3.63) is 29.8 Å². The van der Waals surface area contributed by atoms with Gasteiger partial charge in [0.2, 0.25) is 0 Å². The summed E-state index contributed by atoms with van der Waals surface area (Å²) >= 11 is 0. The Hall–Kier alpha value is -1.55. The molecule has 1 aromatic carbocycles. The first-order valence-corrected chi connectivity index (χ1v) is 5.56. The fraction of sp³-hybridized carbons (Fsp3) is 0.462. The highest BCUT2D eigenvalue weighted by Gasteiger charge is 2.21. The molecule has 0 saturated heterocycles. The zero-order valence-corrected chi connectivity index (χ0v) is 10.3. The van der Waals surface area contributed by atoms with Crippen molar-refractivity contribution in [3.63, 3.8) is 0 Å². The molecule has 4 heteroatoms. The van der Waals surface area contributed by atoms with Gasteiger partial charge in [-0.25, -0.2) is 0 Å². The lowest BCUT2D eigenvalue weighted by molar-refractivity contribution is -0.138. The van der Waals surface area contributed by atoms with Crippen molar-refractivity contribution < 1.29 is 14.6 Å². The van der Waals surface area contributed by atoms with E-state index in [1.807, 2.05) is 24.3 Å². The lowest BCUT2D eigenvalue weighted by Crippen LogP contribution is -2.38. The van der Waals surface area contributed by atoms with Gasteiger partial charge in [-0.3, -0.25) is 4.79 Å². The summed E-state index contributed by atoms with van der Waals surface area (Å²) in [6.45, 7) is 1.77. The predicted molar refractivity (Wildman–Crippen MR) is 66.2 cm³/mol. The van der Waals surface area contributed by atoms with Crippen LogP contribution in [0.2, 0.25) is 0 Å². The van der Waals surface area contributed by atoms with Crippen molar-refractivity contribution in [2.45, 2.75) is 31.7 Å². The summed E-state index contributed by atoms with van der Waals surface area (Å²) in [7, 11) is 1.62. The molecule has 3 N–H and O–H groups in total. The van der Waals surface area contributed by atoms with Crippen molar-refractivity contribution >= 4 is 5.97 Å². The molecule has 0 radical (unpaired) electrons. The van der Waals surface area contributed by atoms with Crippen LogP contribution >= 0.6 is 0 Å². The Balaban J connectivity index is 2.51. The summed E-state index contributed by atoms with van der Waals surface area (Å²) in [5.41, 5.74) is 6.39. The molecule has 0 saturated carbocycles. The Bertz CT molecular complexity index is 371. The summed E-state index contributed by atoms with van der Waals surface area (Å²) in [5, 5.41) is 8.72. The highest BCUT2D eigenvalue weighted by Crippen LogP contribution is 2.17. The molecule has 0 aromatic heterocycles. The van der Waals surface area contributed by atoms with E-state index >= 15 is 0 Å². The Morgan fingerprint density at radius 3 is 2.47 bits per heavy atom. The average molecular weight is 237 g/mol. The number of ether oxygens (including phenoxy) is 1. The quantitative estimate of drug-likeness (QED) is 0.791. The minimum absolute atomic E-state index is 0.0108. The van der Waals surface area contributed by atoms with Crippen molar-refractivity contribution in [1.29, 1.82) is 0 Å². The second kappa shape index (κ2) is 5.68. The first-order valence-electron chi connectivity index (χ1n) is 5.56. The molecule has 0 aliphatic heterocycles. The third-order valence-corrected chi connectivity index (χ3v) is 2.70. The standard InChI is InChI=1S/C13H19NO3/c1-13(14,9-12(15)16)8-7-10-3-5-11(17-2)6-4-10/h3-6H,7-9,14H2,1-2H3,(H,15,16). The molecule has 0 aliphatic rings. The number of carboxylic acids is 1. The first-order chi connectivity index (χ1) is 7.93. The highest BCUT2D eigenvalue weighted by atomic mass is 16.5. The van der Waals surface area contributed by atoms with E-state index in [0.717, 1.165) is 17.7 Å². The van der Waals surface area contributed by atoms with Crippen LogP contribution in [-0.4, -0.2) is 23.7 Å². The fourth-order valence-electron chi connectivity index (χ4n) is 1.66. The fourth-order valence-corrected chi connectivity index (χ4v) is 1.66. The van der Waals surface area contributed by atoms with E-state index in [-0.39, 0.29) is 6.42 Å². The summed E-state index contributed by atoms with van der Waals surface area (Å²) in [4.78, 5) is 10.6. The Morgan fingerprint density at radius 2 is 2.00 bits per heavy atom. The van der Waals surface area contributed by atoms with E-state index in [9.17, 15) is 4.79 Å². The van der Waals surface area contributed by atoms with Crippen molar-refractivity contribution in [2.75, 3.05) is 7.11 Å². The third-order valence-electron chi connectivity index (χ3n) is 2.70. The molecular weight excluding hydrogens is 218 g/mol. The summed E-state index contributed by atoms with van der Waals surface area (Å²) in [6.07, 6.45) is 1.40. The number of nitrogens with two attached hydrogens (primary N) is 1. The van der Waals surface area contributed by atoms with Crippen LogP contribution in [0.4, 0.5) is 0 Å². The van der Waals surface area contributed by atoms with Crippen LogP contribution in [0.1, 0.15) is 25.3 Å². The van der Waals surface area contributed by atoms with Crippen LogP contribution in [0.3, 0.4) is 0 Å². The van der Waals surface area contributed by atoms with Gasteiger partial charge < -0.3 is 15.6 Å². The highest BCUT2D eigenvalue weighted by molar-refractivity contribution is 5.68. The molecule has 1 rings (SSSR count). The summed E-state index contributed by atoms with van der Waals surface area (Å²) in [6, 6.07) is 7.71. The van der Waals surface area contributed by atoms with Crippen LogP contribution in [0.5, 0.6) is 5.75 Å². The maximum absolute atomic E-state index is 10.6. The van der Waals surface area contributed by atoms with Gasteiger partial charge in [0.1, 0.15) is 5.75 Å². The zero-order valence-electron chi connectivity index (χ0n) is 10.3. The van der Waals surface area contributed by atoms with Gasteiger partial charge in [0, 0.05) is 5.54 Å². The Kier molecular flexibility index (Phi) is 4.52. The van der Waals surface area contributed by atoms with Gasteiger partial charge in [0.25, 0.3) is 0 Å². The Labute approximate surface area is 101 Å². The van der Waals surface area contributed by atoms with Gasteiger partial charge in [0.15, 0.2) is 0 Å². The Morgan fingerprint density at radius 1 is 1.41 bits per heavy atom. The van der Waals surface area contributed by atoms with Crippen molar-refractivity contribution in [1.82, 2.24) is 0 Å². The van der Waals surface area contributed by atoms with Gasteiger partial charge in [-0.2, -0.15) is 0 Å². The summed E-state index contributed by atoms with van der Waals surface area (Å²) < 4.78 is 5.06. The lowest BCUT2D eigenvalue weighted by Gasteiger charge is -2.22. The molecule has 1 unspecified atom stereocenters. The van der Waals surface area contributed by atoms with E-state index in [2.05, 4.69) is 0 Å². The lowest BCUT2D eigenvalue weighted by atomic mass is 9.91. The van der Waals surface area contributed by atoms with E-state index in [0.29, 0.717) is 6.42 Å². The van der Waals surface area contributed by atoms with Gasteiger partial charge in [0.05, 0.1) is 13.5 Å². The molecule has 0 amide bonds. The van der Waals surface area contributed by atoms with Crippen LogP contribution in [-0.2, 0) is 11.2 Å². The molecule has 0 bridgehead atoms. The zero-order chi connectivity index (χ0) is 12.9. The number of aryl methyl sites for hydroxylation is 1. The van der Waals surface area contributed by atoms with Crippen LogP contribution in [0.15, 0.2) is 24.3 Å². The van der Waals surface area contributed by atoms with Gasteiger partial charge in [-0.15, -0.1) is 0 Å². The van der Waals surface area contributed by atoms with Crippen LogP contribution in [0.25, 0.3) is 0 Å². The second-order valence-electron chi connectivity index (χ2n) is 4.57. The van der Waals surface area contributed by atoms with Crippen molar-refractivity contribution in [3.8, 4) is 5.75 Å². The molecule has 0 heterocycles. The first kappa shape index (κ1) is 13.5. The number of methoxy groups -OCH3 is 1. The monoisotopic (exact) mass is 237 g/mol. The third kappa shape index (κ3) is 4.87. The molecule has 94 valence electrons. The van der Waals surface area contributed by atoms with E-state index in [1.54, 1.807) is 14.0 Å². The number of hydrogen-bond donors (Lipinski definition) is 2. The second-order valence-corrected chi connectivity index (χ2v) is 4.57. The van der Waals surface area contributed by atoms with E-state index < -0.39 is 11.5 Å². The minimum Gasteiger partial charge on any atom is -0.497 e. The van der Waals surface area contributed by atoms with E-state index in [1.165, 1.54) is 0 Å².